The molecular weight excluding hydrogens is 464 g/mol. The van der Waals surface area contributed by atoms with Crippen LogP contribution in [0.2, 0.25) is 5.02 Å². The second-order valence-corrected chi connectivity index (χ2v) is 8.61. The molecule has 0 aliphatic rings. The van der Waals surface area contributed by atoms with Gasteiger partial charge in [0.1, 0.15) is 12.9 Å². The van der Waals surface area contributed by atoms with Crippen molar-refractivity contribution >= 4 is 40.3 Å². The minimum atomic E-state index is -0.524. The summed E-state index contributed by atoms with van der Waals surface area (Å²) in [6.45, 7) is 1.46. The van der Waals surface area contributed by atoms with Crippen molar-refractivity contribution in [1.82, 2.24) is 24.3 Å². The zero-order valence-electron chi connectivity index (χ0n) is 17.6. The van der Waals surface area contributed by atoms with Crippen molar-refractivity contribution in [3.8, 4) is 5.13 Å². The first-order valence-corrected chi connectivity index (χ1v) is 11.2. The van der Waals surface area contributed by atoms with Crippen LogP contribution in [0.25, 0.3) is 5.13 Å². The average Bonchev–Trinajstić information content (AvgIpc) is 3.36. The van der Waals surface area contributed by atoms with Gasteiger partial charge in [-0.25, -0.2) is 19.0 Å². The van der Waals surface area contributed by atoms with Crippen LogP contribution in [0.3, 0.4) is 0 Å². The molecule has 1 aromatic carbocycles. The van der Waals surface area contributed by atoms with E-state index >= 15 is 0 Å². The maximum absolute atomic E-state index is 12.7. The van der Waals surface area contributed by atoms with Gasteiger partial charge in [-0.05, 0) is 49.2 Å². The lowest BCUT2D eigenvalue weighted by atomic mass is 10.1. The number of amides is 1. The topological polar surface area (TPSA) is 112 Å². The highest BCUT2D eigenvalue weighted by molar-refractivity contribution is 7.16. The van der Waals surface area contributed by atoms with E-state index in [9.17, 15) is 14.4 Å². The maximum Gasteiger partial charge on any atom is 0.352 e. The molecule has 0 saturated carbocycles. The highest BCUT2D eigenvalue weighted by Gasteiger charge is 2.19. The number of nitrogens with zero attached hydrogens (tertiary/aromatic N) is 5. The number of aromatic nitrogens is 5. The van der Waals surface area contributed by atoms with Crippen molar-refractivity contribution in [2.24, 2.45) is 0 Å². The van der Waals surface area contributed by atoms with Crippen LogP contribution in [0.15, 0.2) is 59.9 Å². The molecule has 168 valence electrons. The Labute approximate surface area is 197 Å². The number of hydrogen-bond acceptors (Lipinski definition) is 7. The van der Waals surface area contributed by atoms with Crippen LogP contribution in [0.1, 0.15) is 27.3 Å². The summed E-state index contributed by atoms with van der Waals surface area (Å²) in [6, 6.07) is 10.4. The lowest BCUT2D eigenvalue weighted by Gasteiger charge is -2.04. The molecule has 0 atom stereocenters. The van der Waals surface area contributed by atoms with Crippen LogP contribution in [0.5, 0.6) is 0 Å². The Hall–Kier alpha value is -3.63. The van der Waals surface area contributed by atoms with Gasteiger partial charge in [0.2, 0.25) is 5.91 Å². The molecule has 3 heterocycles. The van der Waals surface area contributed by atoms with E-state index in [0.29, 0.717) is 39.3 Å². The zero-order chi connectivity index (χ0) is 23.4. The standard InChI is InChI=1S/C22H19ClN6O3S/c1-14-20(18(30)9-4-15-3-2-10-24-11-15)33-21(26-14)28-13-25-29(22(28)32)12-19(31)27-17-7-5-16(23)6-8-17/h2-3,5-8,10-11,13H,4,9,12H2,1H3,(H,27,31). The summed E-state index contributed by atoms with van der Waals surface area (Å²) in [7, 11) is 0. The lowest BCUT2D eigenvalue weighted by molar-refractivity contribution is -0.117. The highest BCUT2D eigenvalue weighted by atomic mass is 35.5. The monoisotopic (exact) mass is 482 g/mol. The fraction of sp³-hybridized carbons (Fsp3) is 0.182. The van der Waals surface area contributed by atoms with E-state index in [-0.39, 0.29) is 12.3 Å². The number of aryl methyl sites for hydroxylation is 2. The molecule has 0 aliphatic heterocycles. The van der Waals surface area contributed by atoms with E-state index in [2.05, 4.69) is 20.4 Å². The fourth-order valence-electron chi connectivity index (χ4n) is 3.11. The predicted molar refractivity (Wildman–Crippen MR) is 125 cm³/mol. The first-order chi connectivity index (χ1) is 15.9. The zero-order valence-corrected chi connectivity index (χ0v) is 19.1. The van der Waals surface area contributed by atoms with E-state index in [4.69, 9.17) is 11.6 Å². The Morgan fingerprint density at radius 2 is 1.97 bits per heavy atom. The molecule has 0 aliphatic carbocycles. The Bertz CT molecular complexity index is 1340. The third kappa shape index (κ3) is 5.41. The summed E-state index contributed by atoms with van der Waals surface area (Å²) in [6.07, 6.45) is 5.59. The van der Waals surface area contributed by atoms with Crippen molar-refractivity contribution in [3.63, 3.8) is 0 Å². The number of anilines is 1. The van der Waals surface area contributed by atoms with Gasteiger partial charge < -0.3 is 5.32 Å². The van der Waals surface area contributed by atoms with E-state index in [1.807, 2.05) is 12.1 Å². The van der Waals surface area contributed by atoms with Crippen LogP contribution in [0, 0.1) is 6.92 Å². The van der Waals surface area contributed by atoms with Crippen LogP contribution >= 0.6 is 22.9 Å². The van der Waals surface area contributed by atoms with Gasteiger partial charge in [0.15, 0.2) is 10.9 Å². The third-order valence-electron chi connectivity index (χ3n) is 4.76. The van der Waals surface area contributed by atoms with Gasteiger partial charge in [0, 0.05) is 29.5 Å². The number of hydrogen-bond donors (Lipinski definition) is 1. The summed E-state index contributed by atoms with van der Waals surface area (Å²) < 4.78 is 2.26. The molecule has 0 radical (unpaired) electrons. The number of benzene rings is 1. The lowest BCUT2D eigenvalue weighted by Crippen LogP contribution is -2.29. The Morgan fingerprint density at radius 3 is 2.70 bits per heavy atom. The SMILES string of the molecule is Cc1nc(-n2cnn(CC(=O)Nc3ccc(Cl)cc3)c2=O)sc1C(=O)CCc1cccnc1. The fourth-order valence-corrected chi connectivity index (χ4v) is 4.23. The average molecular weight is 483 g/mol. The molecule has 0 unspecified atom stereocenters. The van der Waals surface area contributed by atoms with Gasteiger partial charge in [0.25, 0.3) is 0 Å². The second-order valence-electron chi connectivity index (χ2n) is 7.19. The van der Waals surface area contributed by atoms with Crippen LogP contribution in [-0.4, -0.2) is 36.0 Å². The number of carbonyl (C=O) groups is 2. The van der Waals surface area contributed by atoms with Gasteiger partial charge in [-0.15, -0.1) is 0 Å². The molecule has 33 heavy (non-hydrogen) atoms. The number of Topliss-reactive ketones (excluding diaryl/α,β-unsaturated/α-hetero) is 1. The van der Waals surface area contributed by atoms with Crippen LogP contribution < -0.4 is 11.0 Å². The first kappa shape index (κ1) is 22.6. The van der Waals surface area contributed by atoms with Gasteiger partial charge in [-0.2, -0.15) is 5.10 Å². The Kier molecular flexibility index (Phi) is 6.76. The van der Waals surface area contributed by atoms with Crippen LogP contribution in [-0.2, 0) is 17.8 Å². The number of thiazole rings is 1. The molecule has 0 bridgehead atoms. The summed E-state index contributed by atoms with van der Waals surface area (Å²) in [5.41, 5.74) is 1.56. The van der Waals surface area contributed by atoms with E-state index in [1.165, 1.54) is 10.9 Å². The third-order valence-corrected chi connectivity index (χ3v) is 6.21. The molecule has 0 saturated heterocycles. The Morgan fingerprint density at radius 1 is 1.18 bits per heavy atom. The number of halogens is 1. The molecule has 3 aromatic heterocycles. The number of rotatable bonds is 8. The summed E-state index contributed by atoms with van der Waals surface area (Å²) in [4.78, 5) is 46.6. The molecule has 11 heteroatoms. The quantitative estimate of drug-likeness (QED) is 0.386. The van der Waals surface area contributed by atoms with Gasteiger partial charge >= 0.3 is 5.69 Å². The predicted octanol–water partition coefficient (Wildman–Crippen LogP) is 3.30. The van der Waals surface area contributed by atoms with E-state index in [1.54, 1.807) is 43.6 Å². The number of ketones is 1. The number of carbonyl (C=O) groups excluding carboxylic acids is 2. The normalized spacial score (nSPS) is 10.8. The highest BCUT2D eigenvalue weighted by Crippen LogP contribution is 2.22. The first-order valence-electron chi connectivity index (χ1n) is 10.0. The molecule has 9 nitrogen and oxygen atoms in total. The van der Waals surface area contributed by atoms with E-state index in [0.717, 1.165) is 21.6 Å². The molecule has 0 fully saturated rings. The smallest absolute Gasteiger partial charge is 0.324 e. The molecule has 4 rings (SSSR count). The minimum Gasteiger partial charge on any atom is -0.324 e. The van der Waals surface area contributed by atoms with Gasteiger partial charge in [-0.1, -0.05) is 29.0 Å². The van der Waals surface area contributed by atoms with Crippen molar-refractivity contribution < 1.29 is 9.59 Å². The van der Waals surface area contributed by atoms with Gasteiger partial charge in [-0.3, -0.25) is 14.6 Å². The van der Waals surface area contributed by atoms with Crippen molar-refractivity contribution in [1.29, 1.82) is 0 Å². The van der Waals surface area contributed by atoms with Crippen molar-refractivity contribution in [3.05, 3.63) is 86.8 Å². The molecule has 1 amide bonds. The number of pyridine rings is 1. The second kappa shape index (κ2) is 9.88. The van der Waals surface area contributed by atoms with Crippen molar-refractivity contribution in [2.45, 2.75) is 26.3 Å². The minimum absolute atomic E-state index is 0.0529. The summed E-state index contributed by atoms with van der Waals surface area (Å²) in [5, 5.41) is 7.57. The van der Waals surface area contributed by atoms with Gasteiger partial charge in [0.05, 0.1) is 10.6 Å². The maximum atomic E-state index is 12.7. The molecule has 4 aromatic rings. The van der Waals surface area contributed by atoms with Crippen molar-refractivity contribution in [2.75, 3.05) is 5.32 Å². The molecular formula is C22H19ClN6O3S. The summed E-state index contributed by atoms with van der Waals surface area (Å²) in [5.74, 6) is -0.464. The molecule has 0 spiro atoms. The van der Waals surface area contributed by atoms with Crippen LogP contribution in [0.4, 0.5) is 5.69 Å². The molecule has 1 N–H and O–H groups in total. The largest absolute Gasteiger partial charge is 0.352 e. The number of nitrogens with one attached hydrogen (secondary N) is 1. The van der Waals surface area contributed by atoms with E-state index < -0.39 is 11.6 Å². The summed E-state index contributed by atoms with van der Waals surface area (Å²) >= 11 is 6.96. The Balaban J connectivity index is 1.44.